The van der Waals surface area contributed by atoms with E-state index in [1.165, 1.54) is 4.90 Å². The fourth-order valence-corrected chi connectivity index (χ4v) is 3.73. The number of rotatable bonds is 6. The van der Waals surface area contributed by atoms with Crippen LogP contribution in [0.2, 0.25) is 0 Å². The van der Waals surface area contributed by atoms with Gasteiger partial charge in [0.15, 0.2) is 5.78 Å². The van der Waals surface area contributed by atoms with E-state index in [-0.39, 0.29) is 30.8 Å². The third-order valence-corrected chi connectivity index (χ3v) is 5.14. The smallest absolute Gasteiger partial charge is 0.355 e. The van der Waals surface area contributed by atoms with E-state index in [1.807, 2.05) is 6.92 Å². The Morgan fingerprint density at radius 3 is 2.36 bits per heavy atom. The number of ether oxygens (including phenoxy) is 1. The van der Waals surface area contributed by atoms with E-state index in [1.54, 1.807) is 32.5 Å². The Hall–Kier alpha value is -2.11. The van der Waals surface area contributed by atoms with Crippen LogP contribution in [0.1, 0.15) is 64.7 Å². The standard InChI is InChI=1S/C19H28N2O4/c1-6-25-19(24)17-12(2)16(13(3)21(17)5)15(22)11-20(4)18(23)14-9-7-8-10-14/h14H,6-11H2,1-5H3. The second-order valence-electron chi connectivity index (χ2n) is 6.81. The van der Waals surface area contributed by atoms with Crippen molar-refractivity contribution in [2.75, 3.05) is 20.2 Å². The molecule has 0 spiro atoms. The molecule has 25 heavy (non-hydrogen) atoms. The highest BCUT2D eigenvalue weighted by atomic mass is 16.5. The van der Waals surface area contributed by atoms with Crippen LogP contribution in [0.25, 0.3) is 0 Å². The van der Waals surface area contributed by atoms with Gasteiger partial charge >= 0.3 is 5.97 Å². The van der Waals surface area contributed by atoms with Crippen LogP contribution in [0.4, 0.5) is 0 Å². The molecule has 1 saturated carbocycles. The summed E-state index contributed by atoms with van der Waals surface area (Å²) in [4.78, 5) is 38.9. The van der Waals surface area contributed by atoms with Gasteiger partial charge in [0, 0.05) is 31.3 Å². The summed E-state index contributed by atoms with van der Waals surface area (Å²) in [5.74, 6) is -0.483. The maximum atomic E-state index is 12.8. The highest BCUT2D eigenvalue weighted by molar-refractivity contribution is 6.04. The van der Waals surface area contributed by atoms with Crippen molar-refractivity contribution < 1.29 is 19.1 Å². The van der Waals surface area contributed by atoms with Crippen molar-refractivity contribution in [1.29, 1.82) is 0 Å². The molecule has 1 aliphatic carbocycles. The first-order valence-corrected chi connectivity index (χ1v) is 8.90. The SMILES string of the molecule is CCOC(=O)c1c(C)c(C(=O)CN(C)C(=O)C2CCCC2)c(C)n1C. The molecule has 0 radical (unpaired) electrons. The van der Waals surface area contributed by atoms with Crippen molar-refractivity contribution in [2.24, 2.45) is 13.0 Å². The summed E-state index contributed by atoms with van der Waals surface area (Å²) in [6.45, 7) is 5.62. The first kappa shape index (κ1) is 19.2. The lowest BCUT2D eigenvalue weighted by Crippen LogP contribution is -2.36. The zero-order valence-electron chi connectivity index (χ0n) is 15.8. The van der Waals surface area contributed by atoms with Gasteiger partial charge in [0.05, 0.1) is 13.2 Å². The summed E-state index contributed by atoms with van der Waals surface area (Å²) < 4.78 is 6.78. The number of aromatic nitrogens is 1. The Bertz CT molecular complexity index is 684. The molecule has 1 fully saturated rings. The molecule has 1 aliphatic rings. The molecule has 138 valence electrons. The number of carbonyl (C=O) groups is 3. The number of esters is 1. The lowest BCUT2D eigenvalue weighted by molar-refractivity contribution is -0.133. The zero-order valence-corrected chi connectivity index (χ0v) is 15.8. The van der Waals surface area contributed by atoms with E-state index in [0.717, 1.165) is 25.7 Å². The van der Waals surface area contributed by atoms with Gasteiger partial charge in [-0.3, -0.25) is 9.59 Å². The predicted molar refractivity (Wildman–Crippen MR) is 94.8 cm³/mol. The normalized spacial score (nSPS) is 14.6. The van der Waals surface area contributed by atoms with Crippen molar-refractivity contribution in [3.8, 4) is 0 Å². The molecule has 0 aliphatic heterocycles. The molecule has 0 N–H and O–H groups in total. The van der Waals surface area contributed by atoms with Crippen molar-refractivity contribution in [3.63, 3.8) is 0 Å². The maximum Gasteiger partial charge on any atom is 0.355 e. The van der Waals surface area contributed by atoms with Crippen LogP contribution in [0.5, 0.6) is 0 Å². The van der Waals surface area contributed by atoms with Crippen LogP contribution >= 0.6 is 0 Å². The Balaban J connectivity index is 2.20. The van der Waals surface area contributed by atoms with E-state index in [9.17, 15) is 14.4 Å². The predicted octanol–water partition coefficient (Wildman–Crippen LogP) is 2.65. The minimum Gasteiger partial charge on any atom is -0.461 e. The zero-order chi connectivity index (χ0) is 18.7. The van der Waals surface area contributed by atoms with Gasteiger partial charge in [0.25, 0.3) is 0 Å². The summed E-state index contributed by atoms with van der Waals surface area (Å²) in [5, 5.41) is 0. The fraction of sp³-hybridized carbons (Fsp3) is 0.632. The van der Waals surface area contributed by atoms with Gasteiger partial charge < -0.3 is 14.2 Å². The summed E-state index contributed by atoms with van der Waals surface area (Å²) >= 11 is 0. The number of nitrogens with zero attached hydrogens (tertiary/aromatic N) is 2. The number of ketones is 1. The number of carbonyl (C=O) groups excluding carboxylic acids is 3. The third kappa shape index (κ3) is 3.78. The summed E-state index contributed by atoms with van der Waals surface area (Å²) in [6, 6.07) is 0. The van der Waals surface area contributed by atoms with E-state index < -0.39 is 5.97 Å². The summed E-state index contributed by atoms with van der Waals surface area (Å²) in [6.07, 6.45) is 3.98. The van der Waals surface area contributed by atoms with E-state index in [0.29, 0.717) is 22.5 Å². The first-order chi connectivity index (χ1) is 11.8. The summed E-state index contributed by atoms with van der Waals surface area (Å²) in [5.41, 5.74) is 2.24. The molecule has 6 nitrogen and oxygen atoms in total. The molecular weight excluding hydrogens is 320 g/mol. The van der Waals surface area contributed by atoms with Gasteiger partial charge in [0.1, 0.15) is 5.69 Å². The summed E-state index contributed by atoms with van der Waals surface area (Å²) in [7, 11) is 3.43. The average molecular weight is 348 g/mol. The molecule has 6 heteroatoms. The van der Waals surface area contributed by atoms with Gasteiger partial charge in [-0.1, -0.05) is 12.8 Å². The molecule has 2 rings (SSSR count). The number of hydrogen-bond acceptors (Lipinski definition) is 4. The second kappa shape index (κ2) is 7.85. The minimum absolute atomic E-state index is 0.0310. The van der Waals surface area contributed by atoms with Crippen molar-refractivity contribution in [2.45, 2.75) is 46.5 Å². The molecule has 1 aromatic heterocycles. The maximum absolute atomic E-state index is 12.8. The molecule has 0 aromatic carbocycles. The van der Waals surface area contributed by atoms with E-state index in [2.05, 4.69) is 0 Å². The van der Waals surface area contributed by atoms with Gasteiger partial charge in [-0.2, -0.15) is 0 Å². The van der Waals surface area contributed by atoms with Crippen molar-refractivity contribution >= 4 is 17.7 Å². The van der Waals surface area contributed by atoms with Crippen LogP contribution < -0.4 is 0 Å². The number of amides is 1. The molecular formula is C19H28N2O4. The second-order valence-corrected chi connectivity index (χ2v) is 6.81. The average Bonchev–Trinajstić information content (AvgIpc) is 3.15. The Labute approximate surface area is 149 Å². The topological polar surface area (TPSA) is 68.6 Å². The Kier molecular flexibility index (Phi) is 6.03. The van der Waals surface area contributed by atoms with E-state index in [4.69, 9.17) is 4.74 Å². The highest BCUT2D eigenvalue weighted by Gasteiger charge is 2.29. The molecule has 1 amide bonds. The van der Waals surface area contributed by atoms with Gasteiger partial charge in [-0.15, -0.1) is 0 Å². The first-order valence-electron chi connectivity index (χ1n) is 8.90. The molecule has 1 aromatic rings. The molecule has 0 saturated heterocycles. The van der Waals surface area contributed by atoms with E-state index >= 15 is 0 Å². The Morgan fingerprint density at radius 2 is 1.80 bits per heavy atom. The van der Waals surface area contributed by atoms with Crippen molar-refractivity contribution in [1.82, 2.24) is 9.47 Å². The van der Waals surface area contributed by atoms with Crippen molar-refractivity contribution in [3.05, 3.63) is 22.5 Å². The largest absolute Gasteiger partial charge is 0.461 e. The van der Waals surface area contributed by atoms with Crippen LogP contribution in [-0.2, 0) is 16.6 Å². The van der Waals surface area contributed by atoms with Crippen LogP contribution in [0.3, 0.4) is 0 Å². The third-order valence-electron chi connectivity index (χ3n) is 5.14. The number of Topliss-reactive ketones (excluding diaryl/α,β-unsaturated/α-hetero) is 1. The van der Waals surface area contributed by atoms with Gasteiger partial charge in [-0.05, 0) is 39.2 Å². The van der Waals surface area contributed by atoms with Gasteiger partial charge in [0.2, 0.25) is 5.91 Å². The molecule has 0 bridgehead atoms. The lowest BCUT2D eigenvalue weighted by atomic mass is 10.0. The fourth-order valence-electron chi connectivity index (χ4n) is 3.73. The number of likely N-dealkylation sites (N-methyl/N-ethyl adjacent to an activating group) is 1. The molecule has 1 heterocycles. The van der Waals surface area contributed by atoms with Crippen LogP contribution in [0.15, 0.2) is 0 Å². The van der Waals surface area contributed by atoms with Crippen LogP contribution in [0, 0.1) is 19.8 Å². The minimum atomic E-state index is -0.431. The number of hydrogen-bond donors (Lipinski definition) is 0. The highest BCUT2D eigenvalue weighted by Crippen LogP contribution is 2.27. The van der Waals surface area contributed by atoms with Gasteiger partial charge in [-0.25, -0.2) is 4.79 Å². The van der Waals surface area contributed by atoms with Crippen LogP contribution in [-0.4, -0.2) is 47.3 Å². The molecule has 0 atom stereocenters. The quantitative estimate of drug-likeness (QED) is 0.585. The molecule has 0 unspecified atom stereocenters. The Morgan fingerprint density at radius 1 is 1.20 bits per heavy atom. The monoisotopic (exact) mass is 348 g/mol. The lowest BCUT2D eigenvalue weighted by Gasteiger charge is -2.20.